The monoisotopic (exact) mass is 278 g/mol. The zero-order valence-electron chi connectivity index (χ0n) is 13.6. The lowest BCUT2D eigenvalue weighted by Gasteiger charge is -2.41. The van der Waals surface area contributed by atoms with Crippen LogP contribution >= 0.6 is 0 Å². The van der Waals surface area contributed by atoms with Crippen LogP contribution in [0.3, 0.4) is 0 Å². The molecule has 0 aromatic rings. The molecule has 4 unspecified atom stereocenters. The highest BCUT2D eigenvalue weighted by Gasteiger charge is 2.37. The maximum atomic E-state index is 3.80. The summed E-state index contributed by atoms with van der Waals surface area (Å²) >= 11 is 0. The topological polar surface area (TPSA) is 15.3 Å². The Balaban J connectivity index is 1.61. The van der Waals surface area contributed by atoms with Crippen molar-refractivity contribution >= 4 is 0 Å². The van der Waals surface area contributed by atoms with Gasteiger partial charge in [-0.2, -0.15) is 0 Å². The molecule has 1 saturated carbocycles. The van der Waals surface area contributed by atoms with Crippen molar-refractivity contribution in [3.8, 4) is 0 Å². The molecule has 1 aliphatic carbocycles. The van der Waals surface area contributed by atoms with Crippen molar-refractivity contribution in [2.45, 2.75) is 102 Å². The zero-order chi connectivity index (χ0) is 13.9. The van der Waals surface area contributed by atoms with E-state index in [1.165, 1.54) is 70.8 Å². The van der Waals surface area contributed by atoms with Gasteiger partial charge < -0.3 is 5.32 Å². The second-order valence-electron chi connectivity index (χ2n) is 7.53. The van der Waals surface area contributed by atoms with E-state index in [2.05, 4.69) is 24.1 Å². The molecule has 1 N–H and O–H groups in total. The molecular weight excluding hydrogens is 244 g/mol. The van der Waals surface area contributed by atoms with Crippen LogP contribution in [0.4, 0.5) is 0 Å². The van der Waals surface area contributed by atoms with E-state index >= 15 is 0 Å². The molecule has 0 aromatic carbocycles. The third-order valence-corrected chi connectivity index (χ3v) is 6.39. The number of piperidine rings is 1. The predicted molar refractivity (Wildman–Crippen MR) is 86.0 cm³/mol. The highest BCUT2D eigenvalue weighted by atomic mass is 15.2. The Hall–Kier alpha value is -0.0800. The fourth-order valence-corrected chi connectivity index (χ4v) is 5.21. The molecule has 4 atom stereocenters. The van der Waals surface area contributed by atoms with Crippen molar-refractivity contribution in [3.63, 3.8) is 0 Å². The van der Waals surface area contributed by atoms with Crippen molar-refractivity contribution in [2.24, 2.45) is 5.92 Å². The molecule has 0 amide bonds. The fraction of sp³-hybridized carbons (Fsp3) is 1.00. The van der Waals surface area contributed by atoms with E-state index in [1.807, 2.05) is 0 Å². The fourth-order valence-electron chi connectivity index (χ4n) is 5.21. The Morgan fingerprint density at radius 1 is 0.850 bits per heavy atom. The minimum Gasteiger partial charge on any atom is -0.311 e. The van der Waals surface area contributed by atoms with E-state index in [0.29, 0.717) is 0 Å². The van der Waals surface area contributed by atoms with E-state index in [0.717, 1.165) is 30.1 Å². The van der Waals surface area contributed by atoms with Gasteiger partial charge in [0.05, 0.1) is 0 Å². The molecule has 0 radical (unpaired) electrons. The molecule has 3 aliphatic rings. The summed E-state index contributed by atoms with van der Waals surface area (Å²) in [5.74, 6) is 1.02. The Bertz CT molecular complexity index is 292. The second-order valence-corrected chi connectivity index (χ2v) is 7.53. The van der Waals surface area contributed by atoms with Gasteiger partial charge in [0, 0.05) is 24.2 Å². The molecular formula is C18H34N2. The summed E-state index contributed by atoms with van der Waals surface area (Å²) < 4.78 is 0. The molecule has 0 spiro atoms. The average molecular weight is 278 g/mol. The first kappa shape index (κ1) is 14.8. The third-order valence-electron chi connectivity index (χ3n) is 6.39. The summed E-state index contributed by atoms with van der Waals surface area (Å²) in [6.07, 6.45) is 14.5. The standard InChI is InChI=1S/C18H34N2/c1-3-14-6-5-7-17(11-8-14)20(4-2)18-12-15-9-10-16(13-18)19-15/h14-19H,3-13H2,1-2H3. The first-order valence-corrected chi connectivity index (χ1v) is 9.31. The molecule has 2 nitrogen and oxygen atoms in total. The maximum absolute atomic E-state index is 3.80. The first-order chi connectivity index (χ1) is 9.80. The molecule has 2 heteroatoms. The van der Waals surface area contributed by atoms with E-state index in [4.69, 9.17) is 0 Å². The van der Waals surface area contributed by atoms with Gasteiger partial charge in [-0.05, 0) is 57.4 Å². The van der Waals surface area contributed by atoms with Crippen molar-refractivity contribution in [1.29, 1.82) is 0 Å². The lowest BCUT2D eigenvalue weighted by molar-refractivity contribution is 0.0901. The van der Waals surface area contributed by atoms with Crippen LogP contribution in [0.1, 0.15) is 78.1 Å². The summed E-state index contributed by atoms with van der Waals surface area (Å²) in [7, 11) is 0. The van der Waals surface area contributed by atoms with Crippen LogP contribution < -0.4 is 5.32 Å². The van der Waals surface area contributed by atoms with Crippen LogP contribution in [0.15, 0.2) is 0 Å². The van der Waals surface area contributed by atoms with Crippen LogP contribution in [0, 0.1) is 5.92 Å². The van der Waals surface area contributed by atoms with Gasteiger partial charge in [0.2, 0.25) is 0 Å². The Morgan fingerprint density at radius 3 is 2.25 bits per heavy atom. The Kier molecular flexibility index (Phi) is 5.04. The Labute approximate surface area is 125 Å². The molecule has 2 heterocycles. The summed E-state index contributed by atoms with van der Waals surface area (Å²) in [5, 5.41) is 3.80. The van der Waals surface area contributed by atoms with Crippen LogP contribution in [-0.2, 0) is 0 Å². The first-order valence-electron chi connectivity index (χ1n) is 9.31. The number of nitrogens with zero attached hydrogens (tertiary/aromatic N) is 1. The summed E-state index contributed by atoms with van der Waals surface area (Å²) in [6.45, 7) is 6.05. The van der Waals surface area contributed by atoms with E-state index in [-0.39, 0.29) is 0 Å². The molecule has 2 saturated heterocycles. The number of hydrogen-bond acceptors (Lipinski definition) is 2. The minimum atomic E-state index is 0.835. The van der Waals surface area contributed by atoms with Crippen LogP contribution in [0.2, 0.25) is 0 Å². The van der Waals surface area contributed by atoms with Crippen molar-refractivity contribution in [2.75, 3.05) is 6.54 Å². The average Bonchev–Trinajstić information content (AvgIpc) is 2.67. The lowest BCUT2D eigenvalue weighted by atomic mass is 9.94. The quantitative estimate of drug-likeness (QED) is 0.783. The van der Waals surface area contributed by atoms with Gasteiger partial charge in [-0.3, -0.25) is 4.90 Å². The number of fused-ring (bicyclic) bond motifs is 2. The van der Waals surface area contributed by atoms with Crippen LogP contribution in [0.5, 0.6) is 0 Å². The number of hydrogen-bond donors (Lipinski definition) is 1. The molecule has 116 valence electrons. The highest BCUT2D eigenvalue weighted by Crippen LogP contribution is 2.34. The molecule has 20 heavy (non-hydrogen) atoms. The highest BCUT2D eigenvalue weighted by molar-refractivity contribution is 4.97. The van der Waals surface area contributed by atoms with Gasteiger partial charge >= 0.3 is 0 Å². The van der Waals surface area contributed by atoms with Crippen molar-refractivity contribution < 1.29 is 0 Å². The summed E-state index contributed by atoms with van der Waals surface area (Å²) in [5.41, 5.74) is 0. The van der Waals surface area contributed by atoms with Gasteiger partial charge in [0.25, 0.3) is 0 Å². The van der Waals surface area contributed by atoms with E-state index in [9.17, 15) is 0 Å². The van der Waals surface area contributed by atoms with Crippen LogP contribution in [-0.4, -0.2) is 35.6 Å². The van der Waals surface area contributed by atoms with Crippen molar-refractivity contribution in [3.05, 3.63) is 0 Å². The van der Waals surface area contributed by atoms with Gasteiger partial charge in [0.1, 0.15) is 0 Å². The van der Waals surface area contributed by atoms with Gasteiger partial charge in [0.15, 0.2) is 0 Å². The normalized spacial score (nSPS) is 41.9. The number of rotatable bonds is 4. The molecule has 3 rings (SSSR count). The maximum Gasteiger partial charge on any atom is 0.0128 e. The van der Waals surface area contributed by atoms with Gasteiger partial charge in [-0.1, -0.05) is 33.1 Å². The summed E-state index contributed by atoms with van der Waals surface area (Å²) in [6, 6.07) is 3.44. The minimum absolute atomic E-state index is 0.835. The molecule has 2 bridgehead atoms. The lowest BCUT2D eigenvalue weighted by Crippen LogP contribution is -2.51. The smallest absolute Gasteiger partial charge is 0.0128 e. The third kappa shape index (κ3) is 3.22. The van der Waals surface area contributed by atoms with Gasteiger partial charge in [-0.15, -0.1) is 0 Å². The van der Waals surface area contributed by atoms with E-state index < -0.39 is 0 Å². The van der Waals surface area contributed by atoms with Crippen LogP contribution in [0.25, 0.3) is 0 Å². The van der Waals surface area contributed by atoms with Crippen molar-refractivity contribution in [1.82, 2.24) is 10.2 Å². The number of nitrogens with one attached hydrogen (secondary N) is 1. The molecule has 2 aliphatic heterocycles. The Morgan fingerprint density at radius 2 is 1.60 bits per heavy atom. The second kappa shape index (κ2) is 6.79. The molecule has 0 aromatic heterocycles. The summed E-state index contributed by atoms with van der Waals surface area (Å²) in [4.78, 5) is 2.91. The molecule has 3 fully saturated rings. The van der Waals surface area contributed by atoms with Gasteiger partial charge in [-0.25, -0.2) is 0 Å². The predicted octanol–water partition coefficient (Wildman–Crippen LogP) is 3.95. The SMILES string of the molecule is CCC1CCCC(N(CC)C2CC3CCC(C2)N3)CC1. The zero-order valence-corrected chi connectivity index (χ0v) is 13.6. The largest absolute Gasteiger partial charge is 0.311 e. The van der Waals surface area contributed by atoms with E-state index in [1.54, 1.807) is 0 Å².